The fourth-order valence-electron chi connectivity index (χ4n) is 5.65. The fourth-order valence-corrected chi connectivity index (χ4v) is 5.65. The first-order valence-corrected chi connectivity index (χ1v) is 13.3. The van der Waals surface area contributed by atoms with Gasteiger partial charge in [0.1, 0.15) is 35.8 Å². The Bertz CT molecular complexity index is 909. The predicted octanol–water partition coefficient (Wildman–Crippen LogP) is 4.34. The smallest absolute Gasteiger partial charge is 0.331 e. The maximum atomic E-state index is 12.8. The topological polar surface area (TPSA) is 73.1 Å². The van der Waals surface area contributed by atoms with Crippen LogP contribution in [0.1, 0.15) is 52.0 Å². The van der Waals surface area contributed by atoms with Crippen molar-refractivity contribution in [3.63, 3.8) is 0 Å². The van der Waals surface area contributed by atoms with E-state index in [0.29, 0.717) is 12.5 Å². The number of rotatable bonds is 12. The maximum Gasteiger partial charge on any atom is 0.331 e. The van der Waals surface area contributed by atoms with Crippen LogP contribution in [0.3, 0.4) is 0 Å². The summed E-state index contributed by atoms with van der Waals surface area (Å²) in [6, 6.07) is 7.68. The number of likely N-dealkylation sites (N-methyl/N-ethyl adjacent to an activating group) is 1. The quantitative estimate of drug-likeness (QED) is 0.240. The molecule has 1 aliphatic carbocycles. The van der Waals surface area contributed by atoms with Crippen molar-refractivity contribution in [2.45, 2.75) is 76.0 Å². The van der Waals surface area contributed by atoms with Crippen LogP contribution in [-0.2, 0) is 23.7 Å². The molecule has 0 bridgehead atoms. The molecule has 0 aromatic heterocycles. The Hall–Kier alpha value is -1.93. The Morgan fingerprint density at radius 2 is 1.97 bits per heavy atom. The monoisotopic (exact) mass is 501 g/mol. The molecule has 3 aliphatic rings. The molecule has 7 nitrogen and oxygen atoms in total. The maximum absolute atomic E-state index is 12.8. The van der Waals surface area contributed by atoms with Crippen molar-refractivity contribution in [3.8, 4) is 5.75 Å². The van der Waals surface area contributed by atoms with Gasteiger partial charge in [0.25, 0.3) is 0 Å². The lowest BCUT2D eigenvalue weighted by Gasteiger charge is -2.42. The van der Waals surface area contributed by atoms with Crippen molar-refractivity contribution in [1.82, 2.24) is 4.90 Å². The normalized spacial score (nSPS) is 33.4. The number of methoxy groups -OCH3 is 1. The molecule has 200 valence electrons. The number of nitrogens with zero attached hydrogens (tertiary/aromatic N) is 1. The number of esters is 1. The van der Waals surface area contributed by atoms with Crippen LogP contribution in [0.5, 0.6) is 5.75 Å². The third-order valence-electron chi connectivity index (χ3n) is 7.87. The number of ether oxygens (including phenoxy) is 5. The van der Waals surface area contributed by atoms with Crippen molar-refractivity contribution >= 4 is 12.0 Å². The Balaban J connectivity index is 1.34. The molecular weight excluding hydrogens is 458 g/mol. The molecule has 2 heterocycles. The average Bonchev–Trinajstić information content (AvgIpc) is 3.75. The summed E-state index contributed by atoms with van der Waals surface area (Å²) >= 11 is 0. The molecule has 2 aliphatic heterocycles. The highest BCUT2D eigenvalue weighted by Crippen LogP contribution is 2.59. The number of benzene rings is 1. The average molecular weight is 502 g/mol. The number of epoxide rings is 2. The van der Waals surface area contributed by atoms with E-state index in [1.807, 2.05) is 38.4 Å². The molecule has 36 heavy (non-hydrogen) atoms. The van der Waals surface area contributed by atoms with Gasteiger partial charge in [-0.3, -0.25) is 0 Å². The van der Waals surface area contributed by atoms with Crippen molar-refractivity contribution in [2.75, 3.05) is 41.0 Å². The largest absolute Gasteiger partial charge is 0.492 e. The first-order chi connectivity index (χ1) is 17.2. The second-order valence-electron chi connectivity index (χ2n) is 11.4. The van der Waals surface area contributed by atoms with Gasteiger partial charge in [0.2, 0.25) is 0 Å². The summed E-state index contributed by atoms with van der Waals surface area (Å²) in [7, 11) is 5.73. The van der Waals surface area contributed by atoms with E-state index >= 15 is 0 Å². The predicted molar refractivity (Wildman–Crippen MR) is 139 cm³/mol. The Morgan fingerprint density at radius 3 is 2.58 bits per heavy atom. The molecule has 2 saturated heterocycles. The molecule has 0 radical (unpaired) electrons. The zero-order chi connectivity index (χ0) is 25.9. The number of hydrogen-bond acceptors (Lipinski definition) is 7. The third-order valence-corrected chi connectivity index (χ3v) is 7.87. The molecule has 1 spiro atoms. The van der Waals surface area contributed by atoms with Crippen LogP contribution in [0.2, 0.25) is 0 Å². The van der Waals surface area contributed by atoms with Crippen LogP contribution in [0.15, 0.2) is 30.3 Å². The lowest BCUT2D eigenvalue weighted by molar-refractivity contribution is -0.166. The van der Waals surface area contributed by atoms with Gasteiger partial charge in [-0.2, -0.15) is 0 Å². The molecule has 0 N–H and O–H groups in total. The minimum Gasteiger partial charge on any atom is -0.492 e. The van der Waals surface area contributed by atoms with Gasteiger partial charge in [-0.15, -0.1) is 0 Å². The van der Waals surface area contributed by atoms with E-state index in [4.69, 9.17) is 23.7 Å². The highest BCUT2D eigenvalue weighted by molar-refractivity contribution is 5.87. The number of carbonyl (C=O) groups excluding carboxylic acids is 1. The van der Waals surface area contributed by atoms with E-state index in [9.17, 15) is 4.79 Å². The second kappa shape index (κ2) is 11.2. The second-order valence-corrected chi connectivity index (χ2v) is 11.4. The minimum absolute atomic E-state index is 0.0442. The zero-order valence-corrected chi connectivity index (χ0v) is 22.7. The Kier molecular flexibility index (Phi) is 8.45. The van der Waals surface area contributed by atoms with Crippen LogP contribution in [0.4, 0.5) is 0 Å². The summed E-state index contributed by atoms with van der Waals surface area (Å²) < 4.78 is 29.9. The van der Waals surface area contributed by atoms with Gasteiger partial charge in [0.15, 0.2) is 0 Å². The zero-order valence-electron chi connectivity index (χ0n) is 22.7. The van der Waals surface area contributed by atoms with Crippen LogP contribution in [-0.4, -0.2) is 81.3 Å². The van der Waals surface area contributed by atoms with Crippen molar-refractivity contribution in [1.29, 1.82) is 0 Å². The van der Waals surface area contributed by atoms with Gasteiger partial charge in [0, 0.05) is 19.7 Å². The Morgan fingerprint density at radius 1 is 1.25 bits per heavy atom. The summed E-state index contributed by atoms with van der Waals surface area (Å²) in [6.45, 7) is 8.86. The summed E-state index contributed by atoms with van der Waals surface area (Å²) in [5.41, 5.74) is 0.398. The van der Waals surface area contributed by atoms with Gasteiger partial charge < -0.3 is 28.6 Å². The molecule has 0 amide bonds. The molecule has 1 saturated carbocycles. The van der Waals surface area contributed by atoms with Gasteiger partial charge in [-0.05, 0) is 76.4 Å². The molecule has 4 rings (SSSR count). The van der Waals surface area contributed by atoms with Gasteiger partial charge in [0.05, 0.1) is 18.6 Å². The lowest BCUT2D eigenvalue weighted by atomic mass is 9.68. The molecular formula is C29H43NO6. The summed E-state index contributed by atoms with van der Waals surface area (Å²) in [6.07, 6.45) is 6.61. The van der Waals surface area contributed by atoms with Gasteiger partial charge in [-0.1, -0.05) is 26.0 Å². The molecule has 6 atom stereocenters. The Labute approximate surface area is 216 Å². The summed E-state index contributed by atoms with van der Waals surface area (Å²) in [5, 5.41) is 0. The van der Waals surface area contributed by atoms with E-state index in [1.165, 1.54) is 6.08 Å². The summed E-state index contributed by atoms with van der Waals surface area (Å²) in [5.74, 6) is 1.13. The standard InChI is InChI=1S/C29H43NO6/c1-20(2)7-13-24-28(3,36-24)27-26(32-6)23(15-16-29(27)19-34-29)35-25(31)14-10-21-8-11-22(12-9-21)33-18-17-30(4)5/h8-12,14,20,23-24,26-27H,7,13,15-19H2,1-6H3/t23?,24-,26-,27-,28+,29+/m1/s1. The highest BCUT2D eigenvalue weighted by Gasteiger charge is 2.72. The van der Waals surface area contributed by atoms with Crippen LogP contribution in [0.25, 0.3) is 6.08 Å². The highest BCUT2D eigenvalue weighted by atomic mass is 16.6. The molecule has 1 aromatic rings. The first-order valence-electron chi connectivity index (χ1n) is 13.3. The van der Waals surface area contributed by atoms with Crippen molar-refractivity contribution in [3.05, 3.63) is 35.9 Å². The van der Waals surface area contributed by atoms with Crippen LogP contribution < -0.4 is 4.74 Å². The first kappa shape index (κ1) is 27.1. The number of carbonyl (C=O) groups is 1. The molecule has 7 heteroatoms. The van der Waals surface area contributed by atoms with Gasteiger partial charge >= 0.3 is 5.97 Å². The van der Waals surface area contributed by atoms with E-state index in [-0.39, 0.29) is 41.4 Å². The molecule has 3 fully saturated rings. The van der Waals surface area contributed by atoms with E-state index in [1.54, 1.807) is 13.2 Å². The molecule has 1 unspecified atom stereocenters. The van der Waals surface area contributed by atoms with Crippen LogP contribution in [0, 0.1) is 11.8 Å². The van der Waals surface area contributed by atoms with E-state index in [0.717, 1.165) is 50.1 Å². The van der Waals surface area contributed by atoms with Crippen molar-refractivity contribution < 1.29 is 28.5 Å². The van der Waals surface area contributed by atoms with Crippen molar-refractivity contribution in [2.24, 2.45) is 11.8 Å². The van der Waals surface area contributed by atoms with E-state index < -0.39 is 0 Å². The molecule has 1 aromatic carbocycles. The SMILES string of the molecule is CO[C@@H]1C(OC(=O)C=Cc2ccc(OCCN(C)C)cc2)CC[C@]2(CO2)[C@H]1[C@@]1(C)O[C@@H]1CCC(C)C. The summed E-state index contributed by atoms with van der Waals surface area (Å²) in [4.78, 5) is 14.8. The number of hydrogen-bond donors (Lipinski definition) is 0. The van der Waals surface area contributed by atoms with Crippen LogP contribution >= 0.6 is 0 Å². The fraction of sp³-hybridized carbons (Fsp3) is 0.690. The van der Waals surface area contributed by atoms with E-state index in [2.05, 4.69) is 25.7 Å². The van der Waals surface area contributed by atoms with Gasteiger partial charge in [-0.25, -0.2) is 4.79 Å². The third kappa shape index (κ3) is 6.31. The lowest BCUT2D eigenvalue weighted by Crippen LogP contribution is -2.55. The minimum atomic E-state index is -0.363.